The lowest BCUT2D eigenvalue weighted by Crippen LogP contribution is -2.33. The Morgan fingerprint density at radius 1 is 1.39 bits per heavy atom. The summed E-state index contributed by atoms with van der Waals surface area (Å²) in [5, 5.41) is 0. The van der Waals surface area contributed by atoms with Crippen LogP contribution in [0.15, 0.2) is 20.1 Å². The van der Waals surface area contributed by atoms with Gasteiger partial charge in [-0.2, -0.15) is 0 Å². The van der Waals surface area contributed by atoms with Gasteiger partial charge in [-0.3, -0.25) is 0 Å². The van der Waals surface area contributed by atoms with Crippen molar-refractivity contribution in [1.82, 2.24) is 4.72 Å². The van der Waals surface area contributed by atoms with E-state index < -0.39 is 10.0 Å². The summed E-state index contributed by atoms with van der Waals surface area (Å²) in [5.41, 5.74) is 0. The lowest BCUT2D eigenvalue weighted by atomic mass is 9.81. The molecule has 2 atom stereocenters. The number of nitrogens with one attached hydrogen (secondary N) is 1. The van der Waals surface area contributed by atoms with Crippen molar-refractivity contribution in [2.75, 3.05) is 6.54 Å². The first-order valence-electron chi connectivity index (χ1n) is 6.24. The quantitative estimate of drug-likeness (QED) is 0.900. The zero-order chi connectivity index (χ0) is 13.2. The van der Waals surface area contributed by atoms with Crippen molar-refractivity contribution in [3.63, 3.8) is 0 Å². The Balaban J connectivity index is 1.96. The molecule has 0 aromatic carbocycles. The van der Waals surface area contributed by atoms with E-state index in [1.165, 1.54) is 30.6 Å². The van der Waals surface area contributed by atoms with Crippen LogP contribution < -0.4 is 4.72 Å². The molecule has 2 rings (SSSR count). The number of hydrogen-bond donors (Lipinski definition) is 1. The third kappa shape index (κ3) is 3.56. The van der Waals surface area contributed by atoms with Crippen LogP contribution in [0.5, 0.6) is 0 Å². The van der Waals surface area contributed by atoms with Crippen molar-refractivity contribution < 1.29 is 8.42 Å². The van der Waals surface area contributed by atoms with Gasteiger partial charge >= 0.3 is 0 Å². The molecule has 0 aliphatic heterocycles. The predicted octanol–water partition coefficient (Wildman–Crippen LogP) is 3.62. The van der Waals surface area contributed by atoms with E-state index in [-0.39, 0.29) is 0 Å². The van der Waals surface area contributed by atoms with Crippen LogP contribution in [-0.2, 0) is 10.0 Å². The van der Waals surface area contributed by atoms with Gasteiger partial charge in [-0.05, 0) is 46.3 Å². The van der Waals surface area contributed by atoms with Gasteiger partial charge in [-0.1, -0.05) is 26.2 Å². The summed E-state index contributed by atoms with van der Waals surface area (Å²) in [5.74, 6) is 1.11. The predicted molar refractivity (Wildman–Crippen MR) is 78.3 cm³/mol. The highest BCUT2D eigenvalue weighted by Gasteiger charge is 2.24. The molecular formula is C12H18BrNO2S2. The van der Waals surface area contributed by atoms with Crippen LogP contribution in [0.1, 0.15) is 32.6 Å². The van der Waals surface area contributed by atoms with Crippen molar-refractivity contribution in [1.29, 1.82) is 0 Å². The summed E-state index contributed by atoms with van der Waals surface area (Å²) in [7, 11) is -3.32. The van der Waals surface area contributed by atoms with Crippen LogP contribution in [0.4, 0.5) is 0 Å². The van der Waals surface area contributed by atoms with Crippen LogP contribution >= 0.6 is 27.3 Å². The molecule has 6 heteroatoms. The summed E-state index contributed by atoms with van der Waals surface area (Å²) < 4.78 is 28.1. The smallest absolute Gasteiger partial charge is 0.210 e. The molecule has 1 saturated carbocycles. The number of rotatable bonds is 4. The average Bonchev–Trinajstić information content (AvgIpc) is 2.76. The van der Waals surface area contributed by atoms with Crippen LogP contribution in [0, 0.1) is 11.8 Å². The fraction of sp³-hybridized carbons (Fsp3) is 0.667. The van der Waals surface area contributed by atoms with Gasteiger partial charge < -0.3 is 0 Å². The Kier molecular flexibility index (Phi) is 4.86. The van der Waals surface area contributed by atoms with E-state index in [4.69, 9.17) is 0 Å². The summed E-state index contributed by atoms with van der Waals surface area (Å²) in [4.78, 5) is 0. The molecule has 1 fully saturated rings. The molecule has 1 aliphatic rings. The molecule has 1 aromatic rings. The van der Waals surface area contributed by atoms with Crippen molar-refractivity contribution in [2.45, 2.75) is 36.8 Å². The Labute approximate surface area is 121 Å². The summed E-state index contributed by atoms with van der Waals surface area (Å²) >= 11 is 4.54. The molecule has 3 nitrogen and oxygen atoms in total. The van der Waals surface area contributed by atoms with E-state index in [1.54, 1.807) is 12.1 Å². The van der Waals surface area contributed by atoms with Crippen molar-refractivity contribution in [3.05, 3.63) is 15.9 Å². The second-order valence-electron chi connectivity index (χ2n) is 4.93. The van der Waals surface area contributed by atoms with E-state index >= 15 is 0 Å². The molecule has 0 amide bonds. The topological polar surface area (TPSA) is 46.2 Å². The largest absolute Gasteiger partial charge is 0.250 e. The minimum atomic E-state index is -3.32. The maximum absolute atomic E-state index is 12.1. The summed E-state index contributed by atoms with van der Waals surface area (Å²) in [6.45, 7) is 2.79. The van der Waals surface area contributed by atoms with Gasteiger partial charge in [0.05, 0.1) is 3.79 Å². The monoisotopic (exact) mass is 351 g/mol. The van der Waals surface area contributed by atoms with E-state index in [2.05, 4.69) is 27.6 Å². The molecule has 1 aromatic heterocycles. The molecule has 0 saturated heterocycles. The minimum absolute atomic E-state index is 0.387. The second kappa shape index (κ2) is 6.03. The molecule has 0 bridgehead atoms. The third-order valence-electron chi connectivity index (χ3n) is 3.64. The van der Waals surface area contributed by atoms with Gasteiger partial charge in [-0.25, -0.2) is 13.1 Å². The molecule has 2 unspecified atom stereocenters. The molecule has 0 radical (unpaired) electrons. The van der Waals surface area contributed by atoms with Crippen LogP contribution in [-0.4, -0.2) is 15.0 Å². The highest BCUT2D eigenvalue weighted by Crippen LogP contribution is 2.30. The van der Waals surface area contributed by atoms with E-state index in [0.29, 0.717) is 22.6 Å². The number of halogens is 1. The molecule has 0 spiro atoms. The zero-order valence-electron chi connectivity index (χ0n) is 10.4. The summed E-state index contributed by atoms with van der Waals surface area (Å²) in [6.07, 6.45) is 4.86. The van der Waals surface area contributed by atoms with Crippen LogP contribution in [0.25, 0.3) is 0 Å². The van der Waals surface area contributed by atoms with Crippen molar-refractivity contribution in [3.8, 4) is 0 Å². The van der Waals surface area contributed by atoms with E-state index in [1.807, 2.05) is 0 Å². The molecular weight excluding hydrogens is 334 g/mol. The minimum Gasteiger partial charge on any atom is -0.210 e. The Morgan fingerprint density at radius 2 is 2.11 bits per heavy atom. The first-order chi connectivity index (χ1) is 8.49. The zero-order valence-corrected chi connectivity index (χ0v) is 13.6. The second-order valence-corrected chi connectivity index (χ2v) is 9.39. The maximum Gasteiger partial charge on any atom is 0.250 e. The Bertz CT molecular complexity index is 498. The van der Waals surface area contributed by atoms with E-state index in [9.17, 15) is 8.42 Å². The Morgan fingerprint density at radius 3 is 2.72 bits per heavy atom. The van der Waals surface area contributed by atoms with Gasteiger partial charge in [0.15, 0.2) is 0 Å². The lowest BCUT2D eigenvalue weighted by Gasteiger charge is -2.28. The highest BCUT2D eigenvalue weighted by atomic mass is 79.9. The fourth-order valence-corrected chi connectivity index (χ4v) is 5.58. The van der Waals surface area contributed by atoms with Crippen molar-refractivity contribution in [2.24, 2.45) is 11.8 Å². The van der Waals surface area contributed by atoms with Gasteiger partial charge in [-0.15, -0.1) is 11.3 Å². The maximum atomic E-state index is 12.1. The number of sulfonamides is 1. The first kappa shape index (κ1) is 14.5. The average molecular weight is 352 g/mol. The lowest BCUT2D eigenvalue weighted by molar-refractivity contribution is 0.257. The van der Waals surface area contributed by atoms with E-state index in [0.717, 1.165) is 10.2 Å². The van der Waals surface area contributed by atoms with Gasteiger partial charge in [0.2, 0.25) is 10.0 Å². The number of thiophene rings is 1. The van der Waals surface area contributed by atoms with Gasteiger partial charge in [0, 0.05) is 6.54 Å². The van der Waals surface area contributed by atoms with Crippen molar-refractivity contribution >= 4 is 37.3 Å². The molecule has 102 valence electrons. The molecule has 1 aliphatic carbocycles. The molecule has 18 heavy (non-hydrogen) atoms. The standard InChI is InChI=1S/C12H18BrNO2S2/c1-9-4-2-3-5-10(9)8-14-18(15,16)12-7-6-11(13)17-12/h6-7,9-10,14H,2-5,8H2,1H3. The first-order valence-corrected chi connectivity index (χ1v) is 9.33. The Hall–Kier alpha value is 0.0900. The van der Waals surface area contributed by atoms with Gasteiger partial charge in [0.25, 0.3) is 0 Å². The molecule has 1 heterocycles. The van der Waals surface area contributed by atoms with Gasteiger partial charge in [0.1, 0.15) is 4.21 Å². The van der Waals surface area contributed by atoms with Crippen LogP contribution in [0.3, 0.4) is 0 Å². The van der Waals surface area contributed by atoms with Crippen LogP contribution in [0.2, 0.25) is 0 Å². The number of hydrogen-bond acceptors (Lipinski definition) is 3. The third-order valence-corrected chi connectivity index (χ3v) is 7.18. The SMILES string of the molecule is CC1CCCCC1CNS(=O)(=O)c1ccc(Br)s1. The fourth-order valence-electron chi connectivity index (χ4n) is 2.43. The summed E-state index contributed by atoms with van der Waals surface area (Å²) in [6, 6.07) is 3.41. The molecule has 1 N–H and O–H groups in total. The normalized spacial score (nSPS) is 25.2. The highest BCUT2D eigenvalue weighted by molar-refractivity contribution is 9.11.